The first-order valence-electron chi connectivity index (χ1n) is 20.6. The van der Waals surface area contributed by atoms with Crippen molar-refractivity contribution in [2.24, 2.45) is 0 Å². The summed E-state index contributed by atoms with van der Waals surface area (Å²) in [5, 5.41) is 7.35. The van der Waals surface area contributed by atoms with E-state index < -0.39 is 0 Å². The fourth-order valence-electron chi connectivity index (χ4n) is 9.72. The van der Waals surface area contributed by atoms with Crippen LogP contribution in [0.25, 0.3) is 105 Å². The van der Waals surface area contributed by atoms with E-state index >= 15 is 0 Å². The van der Waals surface area contributed by atoms with Gasteiger partial charge in [0.05, 0.1) is 16.7 Å². The van der Waals surface area contributed by atoms with Crippen molar-refractivity contribution < 1.29 is 0 Å². The number of hydrogen-bond acceptors (Lipinski definition) is 3. The Kier molecular flexibility index (Phi) is 7.54. The number of nitrogens with zero attached hydrogens (tertiary/aromatic N) is 4. The van der Waals surface area contributed by atoms with Crippen LogP contribution in [0.2, 0.25) is 0 Å². The zero-order chi connectivity index (χ0) is 40.0. The van der Waals surface area contributed by atoms with Gasteiger partial charge in [-0.05, 0) is 79.9 Å². The molecule has 4 heteroatoms. The topological polar surface area (TPSA) is 43.6 Å². The maximum absolute atomic E-state index is 5.24. The molecule has 1 aliphatic rings. The van der Waals surface area contributed by atoms with Crippen LogP contribution < -0.4 is 0 Å². The van der Waals surface area contributed by atoms with E-state index in [0.717, 1.165) is 44.2 Å². The van der Waals surface area contributed by atoms with Crippen LogP contribution in [0.15, 0.2) is 194 Å². The van der Waals surface area contributed by atoms with Gasteiger partial charge in [-0.15, -0.1) is 0 Å². The van der Waals surface area contributed by atoms with Gasteiger partial charge >= 0.3 is 0 Å². The lowest BCUT2D eigenvalue weighted by Gasteiger charge is -2.23. The summed E-state index contributed by atoms with van der Waals surface area (Å²) in [4.78, 5) is 15.5. The standard InChI is InChI=1S/C56H38N4/c1-56(2)48-34-51-47(33-46(48)45-30-29-37-17-9-12-22-43(37)52(45)56)44-23-13-14-24-49(44)60(51)50-32-41(31-40-20-10-11-21-42(40)50)55-58-53(38-18-7-4-8-19-38)57-54(59-55)39-27-25-36(26-28-39)35-15-5-3-6-16-35/h3-34H,1-2H3. The third kappa shape index (κ3) is 5.27. The van der Waals surface area contributed by atoms with Gasteiger partial charge in [0, 0.05) is 38.3 Å². The van der Waals surface area contributed by atoms with Crippen molar-refractivity contribution in [1.82, 2.24) is 19.5 Å². The SMILES string of the molecule is CC1(C)c2cc3c(cc2-c2ccc4ccccc4c21)c1ccccc1n3-c1cc(-c2nc(-c3ccccc3)nc(-c3ccc(-c4ccccc4)cc3)n2)cc2ccccc12. The zero-order valence-electron chi connectivity index (χ0n) is 33.3. The fraction of sp³-hybridized carbons (Fsp3) is 0.0536. The van der Waals surface area contributed by atoms with Gasteiger partial charge in [0.15, 0.2) is 17.5 Å². The Labute approximate surface area is 348 Å². The molecule has 4 nitrogen and oxygen atoms in total. The molecule has 12 rings (SSSR count). The molecule has 2 heterocycles. The highest BCUT2D eigenvalue weighted by molar-refractivity contribution is 6.13. The molecule has 0 fully saturated rings. The molecule has 0 aliphatic heterocycles. The van der Waals surface area contributed by atoms with Crippen LogP contribution >= 0.6 is 0 Å². The molecule has 1 aliphatic carbocycles. The summed E-state index contributed by atoms with van der Waals surface area (Å²) in [7, 11) is 0. The van der Waals surface area contributed by atoms with Gasteiger partial charge in [0.1, 0.15) is 0 Å². The molecule has 0 N–H and O–H groups in total. The molecule has 0 bridgehead atoms. The molecule has 0 radical (unpaired) electrons. The van der Waals surface area contributed by atoms with Crippen molar-refractivity contribution in [2.45, 2.75) is 19.3 Å². The second kappa shape index (κ2) is 13.2. The third-order valence-corrected chi connectivity index (χ3v) is 12.6. The van der Waals surface area contributed by atoms with Crippen LogP contribution in [0.4, 0.5) is 0 Å². The molecule has 2 aromatic heterocycles. The van der Waals surface area contributed by atoms with E-state index in [1.165, 1.54) is 54.9 Å². The summed E-state index contributed by atoms with van der Waals surface area (Å²) in [6, 6.07) is 69.5. The van der Waals surface area contributed by atoms with Crippen molar-refractivity contribution in [3.8, 4) is 62.1 Å². The van der Waals surface area contributed by atoms with Crippen molar-refractivity contribution in [3.63, 3.8) is 0 Å². The van der Waals surface area contributed by atoms with E-state index in [1.54, 1.807) is 0 Å². The zero-order valence-corrected chi connectivity index (χ0v) is 33.3. The Morgan fingerprint density at radius 1 is 0.367 bits per heavy atom. The second-order valence-corrected chi connectivity index (χ2v) is 16.4. The quantitative estimate of drug-likeness (QED) is 0.175. The number of fused-ring (bicyclic) bond motifs is 9. The lowest BCUT2D eigenvalue weighted by atomic mass is 9.80. The molecule has 60 heavy (non-hydrogen) atoms. The molecule has 0 saturated carbocycles. The molecular weight excluding hydrogens is 729 g/mol. The Balaban J connectivity index is 1.09. The Morgan fingerprint density at radius 3 is 1.65 bits per heavy atom. The number of aromatic nitrogens is 4. The lowest BCUT2D eigenvalue weighted by Crippen LogP contribution is -2.15. The minimum Gasteiger partial charge on any atom is -0.309 e. The Bertz CT molecular complexity index is 3490. The fourth-order valence-corrected chi connectivity index (χ4v) is 9.72. The highest BCUT2D eigenvalue weighted by Crippen LogP contribution is 2.53. The monoisotopic (exact) mass is 766 g/mol. The van der Waals surface area contributed by atoms with E-state index in [2.05, 4.69) is 188 Å². The molecule has 0 spiro atoms. The predicted octanol–water partition coefficient (Wildman–Crippen LogP) is 14.2. The molecule has 282 valence electrons. The first-order chi connectivity index (χ1) is 29.5. The summed E-state index contributed by atoms with van der Waals surface area (Å²) in [5.41, 5.74) is 13.8. The van der Waals surface area contributed by atoms with Crippen LogP contribution in [0.5, 0.6) is 0 Å². The van der Waals surface area contributed by atoms with Gasteiger partial charge in [0.2, 0.25) is 0 Å². The normalized spacial score (nSPS) is 13.0. The van der Waals surface area contributed by atoms with Gasteiger partial charge in [-0.3, -0.25) is 0 Å². The number of benzene rings is 9. The van der Waals surface area contributed by atoms with Gasteiger partial charge in [0.25, 0.3) is 0 Å². The summed E-state index contributed by atoms with van der Waals surface area (Å²) in [6.45, 7) is 4.77. The van der Waals surface area contributed by atoms with E-state index in [4.69, 9.17) is 15.0 Å². The van der Waals surface area contributed by atoms with E-state index in [1.807, 2.05) is 24.3 Å². The molecule has 0 saturated heterocycles. The minimum atomic E-state index is -0.195. The van der Waals surface area contributed by atoms with Crippen LogP contribution in [0, 0.1) is 0 Å². The van der Waals surface area contributed by atoms with Crippen molar-refractivity contribution >= 4 is 43.4 Å². The largest absolute Gasteiger partial charge is 0.309 e. The maximum atomic E-state index is 5.24. The van der Waals surface area contributed by atoms with Crippen molar-refractivity contribution in [3.05, 3.63) is 205 Å². The smallest absolute Gasteiger partial charge is 0.164 e. The Hall–Kier alpha value is -7.69. The van der Waals surface area contributed by atoms with Gasteiger partial charge in [-0.2, -0.15) is 0 Å². The highest BCUT2D eigenvalue weighted by atomic mass is 15.0. The third-order valence-electron chi connectivity index (χ3n) is 12.6. The van der Waals surface area contributed by atoms with Crippen LogP contribution in [-0.4, -0.2) is 19.5 Å². The van der Waals surface area contributed by atoms with Gasteiger partial charge in [-0.25, -0.2) is 15.0 Å². The lowest BCUT2D eigenvalue weighted by molar-refractivity contribution is 0.667. The minimum absolute atomic E-state index is 0.195. The molecule has 0 amide bonds. The number of hydrogen-bond donors (Lipinski definition) is 0. The van der Waals surface area contributed by atoms with Gasteiger partial charge < -0.3 is 4.57 Å². The van der Waals surface area contributed by atoms with Crippen LogP contribution in [-0.2, 0) is 5.41 Å². The van der Waals surface area contributed by atoms with Crippen LogP contribution in [0.1, 0.15) is 25.0 Å². The average molecular weight is 767 g/mol. The summed E-state index contributed by atoms with van der Waals surface area (Å²) in [5.74, 6) is 1.90. The Morgan fingerprint density at radius 2 is 0.917 bits per heavy atom. The molecule has 11 aromatic rings. The van der Waals surface area contributed by atoms with E-state index in [9.17, 15) is 0 Å². The van der Waals surface area contributed by atoms with Gasteiger partial charge in [-0.1, -0.05) is 178 Å². The highest BCUT2D eigenvalue weighted by Gasteiger charge is 2.38. The molecule has 0 unspecified atom stereocenters. The first kappa shape index (κ1) is 34.4. The number of rotatable bonds is 5. The summed E-state index contributed by atoms with van der Waals surface area (Å²) in [6.07, 6.45) is 0. The summed E-state index contributed by atoms with van der Waals surface area (Å²) < 4.78 is 2.47. The van der Waals surface area contributed by atoms with Crippen molar-refractivity contribution in [1.29, 1.82) is 0 Å². The van der Waals surface area contributed by atoms with E-state index in [-0.39, 0.29) is 5.41 Å². The maximum Gasteiger partial charge on any atom is 0.164 e. The predicted molar refractivity (Wildman–Crippen MR) is 248 cm³/mol. The van der Waals surface area contributed by atoms with Crippen molar-refractivity contribution in [2.75, 3.05) is 0 Å². The van der Waals surface area contributed by atoms with E-state index in [0.29, 0.717) is 17.5 Å². The molecule has 0 atom stereocenters. The summed E-state index contributed by atoms with van der Waals surface area (Å²) >= 11 is 0. The molecule has 9 aromatic carbocycles. The number of para-hydroxylation sites is 1. The average Bonchev–Trinajstić information content (AvgIpc) is 3.75. The van der Waals surface area contributed by atoms with Crippen LogP contribution in [0.3, 0.4) is 0 Å². The first-order valence-corrected chi connectivity index (χ1v) is 20.6. The molecular formula is C56H38N4. The second-order valence-electron chi connectivity index (χ2n) is 16.4.